The maximum Gasteiger partial charge on any atom is 0.248 e. The molecule has 2 heterocycles. The van der Waals surface area contributed by atoms with Gasteiger partial charge in [0.1, 0.15) is 6.04 Å². The Morgan fingerprint density at radius 1 is 1.32 bits per heavy atom. The lowest BCUT2D eigenvalue weighted by molar-refractivity contribution is -0.119. The normalized spacial score (nSPS) is 12.1. The Labute approximate surface area is 132 Å². The van der Waals surface area contributed by atoms with Crippen LogP contribution in [0.25, 0.3) is 11.3 Å². The smallest absolute Gasteiger partial charge is 0.248 e. The van der Waals surface area contributed by atoms with Gasteiger partial charge >= 0.3 is 0 Å². The van der Waals surface area contributed by atoms with E-state index in [2.05, 4.69) is 15.4 Å². The van der Waals surface area contributed by atoms with Crippen molar-refractivity contribution in [1.29, 1.82) is 0 Å². The summed E-state index contributed by atoms with van der Waals surface area (Å²) < 4.78 is 1.63. The average Bonchev–Trinajstić information content (AvgIpc) is 3.18. The number of anilines is 1. The third kappa shape index (κ3) is 3.07. The lowest BCUT2D eigenvalue weighted by Crippen LogP contribution is -2.23. The van der Waals surface area contributed by atoms with Gasteiger partial charge in [0.25, 0.3) is 0 Å². The zero-order valence-electron chi connectivity index (χ0n) is 12.4. The summed E-state index contributed by atoms with van der Waals surface area (Å²) in [5.41, 5.74) is 2.77. The molecule has 1 aromatic carbocycles. The number of rotatable bonds is 4. The number of hydrogen-bond donors (Lipinski definition) is 1. The molecule has 3 rings (SSSR count). The molecule has 0 spiro atoms. The molecule has 1 amide bonds. The van der Waals surface area contributed by atoms with E-state index in [9.17, 15) is 4.79 Å². The molecule has 0 aliphatic heterocycles. The topological polar surface area (TPSA) is 59.8 Å². The quantitative estimate of drug-likeness (QED) is 0.802. The fourth-order valence-corrected chi connectivity index (χ4v) is 2.72. The van der Waals surface area contributed by atoms with Gasteiger partial charge in [0, 0.05) is 29.0 Å². The Hall–Kier alpha value is -2.47. The monoisotopic (exact) mass is 312 g/mol. The number of nitrogens with one attached hydrogen (secondary N) is 1. The van der Waals surface area contributed by atoms with Gasteiger partial charge in [0.05, 0.1) is 10.7 Å². The molecule has 6 heteroatoms. The molecular weight excluding hydrogens is 296 g/mol. The van der Waals surface area contributed by atoms with Crippen LogP contribution in [0.2, 0.25) is 0 Å². The third-order valence-corrected chi connectivity index (χ3v) is 4.14. The van der Waals surface area contributed by atoms with Crippen LogP contribution < -0.4 is 5.32 Å². The van der Waals surface area contributed by atoms with Gasteiger partial charge in [0.15, 0.2) is 0 Å². The Balaban J connectivity index is 1.69. The molecule has 5 nitrogen and oxygen atoms in total. The van der Waals surface area contributed by atoms with Crippen LogP contribution in [-0.4, -0.2) is 20.7 Å². The van der Waals surface area contributed by atoms with Gasteiger partial charge < -0.3 is 5.32 Å². The number of benzene rings is 1. The first-order valence-electron chi connectivity index (χ1n) is 6.96. The minimum atomic E-state index is -0.351. The summed E-state index contributed by atoms with van der Waals surface area (Å²) in [5.74, 6) is -0.0963. The molecule has 0 saturated carbocycles. The first-order chi connectivity index (χ1) is 10.6. The van der Waals surface area contributed by atoms with Crippen LogP contribution in [0.5, 0.6) is 0 Å². The molecule has 2 aromatic heterocycles. The summed E-state index contributed by atoms with van der Waals surface area (Å²) in [5, 5.41) is 10.1. The molecule has 0 radical (unpaired) electrons. The van der Waals surface area contributed by atoms with Crippen LogP contribution in [0.4, 0.5) is 5.69 Å². The van der Waals surface area contributed by atoms with Crippen molar-refractivity contribution in [3.05, 3.63) is 53.1 Å². The van der Waals surface area contributed by atoms with Gasteiger partial charge in [0.2, 0.25) is 5.91 Å². The van der Waals surface area contributed by atoms with E-state index < -0.39 is 0 Å². The van der Waals surface area contributed by atoms with Gasteiger partial charge in [-0.3, -0.25) is 9.48 Å². The maximum absolute atomic E-state index is 12.2. The fraction of sp³-hybridized carbons (Fsp3) is 0.188. The van der Waals surface area contributed by atoms with E-state index in [1.54, 1.807) is 34.5 Å². The maximum atomic E-state index is 12.2. The van der Waals surface area contributed by atoms with Crippen molar-refractivity contribution in [2.45, 2.75) is 19.9 Å². The van der Waals surface area contributed by atoms with Crippen molar-refractivity contribution < 1.29 is 4.79 Å². The Bertz CT molecular complexity index is 762. The fourth-order valence-electron chi connectivity index (χ4n) is 2.10. The van der Waals surface area contributed by atoms with Crippen molar-refractivity contribution in [1.82, 2.24) is 14.8 Å². The van der Waals surface area contributed by atoms with Crippen LogP contribution in [0.15, 0.2) is 48.1 Å². The highest BCUT2D eigenvalue weighted by Crippen LogP contribution is 2.23. The van der Waals surface area contributed by atoms with Gasteiger partial charge in [-0.25, -0.2) is 4.98 Å². The second-order valence-corrected chi connectivity index (χ2v) is 6.04. The standard InChI is InChI=1S/C16H16N4OS/c1-11(20-9-3-8-17-20)16(21)19-14-6-4-13(5-7-14)15-10-22-12(2)18-15/h3-11H,1-2H3,(H,19,21). The molecule has 112 valence electrons. The molecule has 22 heavy (non-hydrogen) atoms. The number of aryl methyl sites for hydroxylation is 1. The predicted molar refractivity (Wildman–Crippen MR) is 87.9 cm³/mol. The third-order valence-electron chi connectivity index (χ3n) is 3.37. The number of carbonyl (C=O) groups is 1. The number of carbonyl (C=O) groups excluding carboxylic acids is 1. The molecule has 0 saturated heterocycles. The molecule has 1 atom stereocenters. The number of hydrogen-bond acceptors (Lipinski definition) is 4. The van der Waals surface area contributed by atoms with E-state index in [4.69, 9.17) is 0 Å². The molecular formula is C16H16N4OS. The van der Waals surface area contributed by atoms with Crippen molar-refractivity contribution >= 4 is 22.9 Å². The van der Waals surface area contributed by atoms with Gasteiger partial charge in [-0.15, -0.1) is 11.3 Å². The average molecular weight is 312 g/mol. The number of amides is 1. The highest BCUT2D eigenvalue weighted by atomic mass is 32.1. The zero-order chi connectivity index (χ0) is 15.5. The molecule has 1 unspecified atom stereocenters. The number of aromatic nitrogens is 3. The van der Waals surface area contributed by atoms with Crippen molar-refractivity contribution in [3.8, 4) is 11.3 Å². The molecule has 3 aromatic rings. The highest BCUT2D eigenvalue weighted by Gasteiger charge is 2.15. The SMILES string of the molecule is Cc1nc(-c2ccc(NC(=O)C(C)n3cccn3)cc2)cs1. The first-order valence-corrected chi connectivity index (χ1v) is 7.84. The van der Waals surface area contributed by atoms with E-state index in [1.165, 1.54) is 0 Å². The lowest BCUT2D eigenvalue weighted by Gasteiger charge is -2.12. The molecule has 0 bridgehead atoms. The van der Waals surface area contributed by atoms with Crippen LogP contribution in [0.1, 0.15) is 18.0 Å². The summed E-state index contributed by atoms with van der Waals surface area (Å²) in [6, 6.07) is 9.14. The van der Waals surface area contributed by atoms with Crippen molar-refractivity contribution in [2.24, 2.45) is 0 Å². The molecule has 0 aliphatic rings. The molecule has 0 aliphatic carbocycles. The lowest BCUT2D eigenvalue weighted by atomic mass is 10.1. The second-order valence-electron chi connectivity index (χ2n) is 4.98. The van der Waals surface area contributed by atoms with E-state index in [-0.39, 0.29) is 11.9 Å². The first kappa shape index (κ1) is 14.5. The van der Waals surface area contributed by atoms with E-state index >= 15 is 0 Å². The van der Waals surface area contributed by atoms with Crippen LogP contribution >= 0.6 is 11.3 Å². The van der Waals surface area contributed by atoms with Gasteiger partial charge in [-0.2, -0.15) is 5.10 Å². The summed E-state index contributed by atoms with van der Waals surface area (Å²) in [7, 11) is 0. The van der Waals surface area contributed by atoms with Crippen LogP contribution in [0.3, 0.4) is 0 Å². The van der Waals surface area contributed by atoms with Crippen LogP contribution in [-0.2, 0) is 4.79 Å². The van der Waals surface area contributed by atoms with Crippen LogP contribution in [0, 0.1) is 6.92 Å². The second kappa shape index (κ2) is 6.11. The highest BCUT2D eigenvalue weighted by molar-refractivity contribution is 7.09. The van der Waals surface area contributed by atoms with Gasteiger partial charge in [-0.1, -0.05) is 12.1 Å². The number of thiazole rings is 1. The Morgan fingerprint density at radius 3 is 2.68 bits per heavy atom. The zero-order valence-corrected chi connectivity index (χ0v) is 13.2. The van der Waals surface area contributed by atoms with E-state index in [1.807, 2.05) is 43.5 Å². The summed E-state index contributed by atoms with van der Waals surface area (Å²) in [4.78, 5) is 16.6. The minimum Gasteiger partial charge on any atom is -0.324 e. The molecule has 1 N–H and O–H groups in total. The summed E-state index contributed by atoms with van der Waals surface area (Å²) >= 11 is 1.63. The largest absolute Gasteiger partial charge is 0.324 e. The van der Waals surface area contributed by atoms with E-state index in [0.29, 0.717) is 0 Å². The summed E-state index contributed by atoms with van der Waals surface area (Å²) in [6.45, 7) is 3.80. The number of nitrogens with zero attached hydrogens (tertiary/aromatic N) is 3. The minimum absolute atomic E-state index is 0.0963. The van der Waals surface area contributed by atoms with E-state index in [0.717, 1.165) is 22.0 Å². The Morgan fingerprint density at radius 2 is 2.09 bits per heavy atom. The Kier molecular flexibility index (Phi) is 4.02. The predicted octanol–water partition coefficient (Wildman–Crippen LogP) is 3.51. The summed E-state index contributed by atoms with van der Waals surface area (Å²) in [6.07, 6.45) is 3.44. The van der Waals surface area contributed by atoms with Crippen molar-refractivity contribution in [3.63, 3.8) is 0 Å². The molecule has 0 fully saturated rings. The van der Waals surface area contributed by atoms with Crippen molar-refractivity contribution in [2.75, 3.05) is 5.32 Å². The van der Waals surface area contributed by atoms with Gasteiger partial charge in [-0.05, 0) is 32.0 Å².